The molecule has 17 heavy (non-hydrogen) atoms. The molecule has 0 heterocycles. The third-order valence-corrected chi connectivity index (χ3v) is 2.65. The molecule has 3 heteroatoms. The lowest BCUT2D eigenvalue weighted by molar-refractivity contribution is 0.0399. The van der Waals surface area contributed by atoms with Crippen molar-refractivity contribution in [3.63, 3.8) is 0 Å². The number of hydrogen-bond donors (Lipinski definition) is 1. The van der Waals surface area contributed by atoms with Gasteiger partial charge in [0, 0.05) is 26.9 Å². The highest BCUT2D eigenvalue weighted by molar-refractivity contribution is 5.23. The summed E-state index contributed by atoms with van der Waals surface area (Å²) in [5, 5.41) is 3.17. The zero-order chi connectivity index (χ0) is 12.5. The first kappa shape index (κ1) is 14.2. The predicted molar refractivity (Wildman–Crippen MR) is 70.3 cm³/mol. The molecule has 3 nitrogen and oxygen atoms in total. The highest BCUT2D eigenvalue weighted by atomic mass is 16.5. The maximum atomic E-state index is 5.87. The van der Waals surface area contributed by atoms with Crippen LogP contribution in [0.4, 0.5) is 0 Å². The van der Waals surface area contributed by atoms with Crippen LogP contribution in [-0.4, -0.2) is 33.9 Å². The molecule has 0 bridgehead atoms. The minimum Gasteiger partial charge on any atom is -0.385 e. The van der Waals surface area contributed by atoms with Gasteiger partial charge in [0.15, 0.2) is 0 Å². The fraction of sp³-hybridized carbons (Fsp3) is 0.571. The molecule has 1 aromatic rings. The van der Waals surface area contributed by atoms with E-state index in [0.717, 1.165) is 26.2 Å². The molecule has 0 fully saturated rings. The first-order chi connectivity index (χ1) is 8.27. The Kier molecular flexibility index (Phi) is 6.86. The van der Waals surface area contributed by atoms with Crippen molar-refractivity contribution in [2.45, 2.75) is 19.4 Å². The zero-order valence-electron chi connectivity index (χ0n) is 11.0. The summed E-state index contributed by atoms with van der Waals surface area (Å²) in [7, 11) is 3.66. The molecule has 1 atom stereocenters. The van der Waals surface area contributed by atoms with Crippen molar-refractivity contribution in [1.82, 2.24) is 5.32 Å². The predicted octanol–water partition coefficient (Wildman–Crippen LogP) is 2.31. The van der Waals surface area contributed by atoms with Crippen molar-refractivity contribution in [2.24, 2.45) is 0 Å². The highest BCUT2D eigenvalue weighted by Crippen LogP contribution is 2.17. The minimum absolute atomic E-state index is 0.123. The molecule has 1 unspecified atom stereocenters. The van der Waals surface area contributed by atoms with E-state index in [0.29, 0.717) is 0 Å². The number of aryl methyl sites for hydroxylation is 1. The van der Waals surface area contributed by atoms with Crippen molar-refractivity contribution in [3.05, 3.63) is 35.4 Å². The van der Waals surface area contributed by atoms with Crippen molar-refractivity contribution in [3.8, 4) is 0 Å². The Morgan fingerprint density at radius 1 is 1.18 bits per heavy atom. The molecule has 0 amide bonds. The van der Waals surface area contributed by atoms with Gasteiger partial charge in [-0.15, -0.1) is 0 Å². The fourth-order valence-electron chi connectivity index (χ4n) is 1.67. The number of methoxy groups -OCH3 is 1. The Hall–Kier alpha value is -0.900. The van der Waals surface area contributed by atoms with Gasteiger partial charge in [-0.1, -0.05) is 29.8 Å². The lowest BCUT2D eigenvalue weighted by Gasteiger charge is -2.18. The van der Waals surface area contributed by atoms with Crippen LogP contribution < -0.4 is 5.32 Å². The minimum atomic E-state index is 0.123. The van der Waals surface area contributed by atoms with Gasteiger partial charge < -0.3 is 14.8 Å². The molecule has 0 saturated carbocycles. The highest BCUT2D eigenvalue weighted by Gasteiger charge is 2.10. The van der Waals surface area contributed by atoms with E-state index in [4.69, 9.17) is 9.47 Å². The summed E-state index contributed by atoms with van der Waals surface area (Å²) in [4.78, 5) is 0. The Bertz CT molecular complexity index is 298. The van der Waals surface area contributed by atoms with Crippen molar-refractivity contribution >= 4 is 0 Å². The van der Waals surface area contributed by atoms with Gasteiger partial charge in [-0.05, 0) is 26.0 Å². The number of ether oxygens (including phenoxy) is 2. The maximum absolute atomic E-state index is 5.87. The molecule has 0 aliphatic carbocycles. The third kappa shape index (κ3) is 5.31. The Balaban J connectivity index is 2.49. The van der Waals surface area contributed by atoms with Crippen LogP contribution >= 0.6 is 0 Å². The standard InChI is InChI=1S/C14H23NO2/c1-12-5-7-13(8-6-12)14(11-15-2)17-10-4-9-16-3/h5-8,14-15H,4,9-11H2,1-3H3. The van der Waals surface area contributed by atoms with Crippen LogP contribution in [0.3, 0.4) is 0 Å². The van der Waals surface area contributed by atoms with E-state index in [1.807, 2.05) is 7.05 Å². The van der Waals surface area contributed by atoms with Crippen LogP contribution in [0.5, 0.6) is 0 Å². The second-order valence-electron chi connectivity index (χ2n) is 4.17. The van der Waals surface area contributed by atoms with Crippen molar-refractivity contribution in [1.29, 1.82) is 0 Å². The molecular weight excluding hydrogens is 214 g/mol. The van der Waals surface area contributed by atoms with E-state index in [2.05, 4.69) is 36.5 Å². The summed E-state index contributed by atoms with van der Waals surface area (Å²) in [6.07, 6.45) is 1.06. The number of benzene rings is 1. The average molecular weight is 237 g/mol. The molecule has 0 spiro atoms. The van der Waals surface area contributed by atoms with Crippen LogP contribution in [0.25, 0.3) is 0 Å². The van der Waals surface area contributed by atoms with Crippen LogP contribution in [-0.2, 0) is 9.47 Å². The molecule has 0 radical (unpaired) electrons. The molecule has 0 aliphatic heterocycles. The van der Waals surface area contributed by atoms with E-state index in [1.54, 1.807) is 7.11 Å². The second-order valence-corrected chi connectivity index (χ2v) is 4.17. The first-order valence-electron chi connectivity index (χ1n) is 6.09. The Morgan fingerprint density at radius 2 is 1.88 bits per heavy atom. The largest absolute Gasteiger partial charge is 0.385 e. The van der Waals surface area contributed by atoms with Crippen LogP contribution in [0, 0.1) is 6.92 Å². The van der Waals surface area contributed by atoms with E-state index in [9.17, 15) is 0 Å². The summed E-state index contributed by atoms with van der Waals surface area (Å²) >= 11 is 0. The van der Waals surface area contributed by atoms with Crippen molar-refractivity contribution in [2.75, 3.05) is 33.9 Å². The van der Waals surface area contributed by atoms with Crippen LogP contribution in [0.1, 0.15) is 23.7 Å². The fourth-order valence-corrected chi connectivity index (χ4v) is 1.67. The molecule has 1 N–H and O–H groups in total. The summed E-state index contributed by atoms with van der Waals surface area (Å²) < 4.78 is 10.9. The molecule has 1 rings (SSSR count). The summed E-state index contributed by atoms with van der Waals surface area (Å²) in [6.45, 7) is 4.40. The van der Waals surface area contributed by atoms with Gasteiger partial charge in [-0.3, -0.25) is 0 Å². The summed E-state index contributed by atoms with van der Waals surface area (Å²) in [5.74, 6) is 0. The van der Waals surface area contributed by atoms with Gasteiger partial charge in [0.1, 0.15) is 0 Å². The molecular formula is C14H23NO2. The second kappa shape index (κ2) is 8.23. The number of nitrogens with one attached hydrogen (secondary N) is 1. The van der Waals surface area contributed by atoms with Crippen molar-refractivity contribution < 1.29 is 9.47 Å². The third-order valence-electron chi connectivity index (χ3n) is 2.65. The van der Waals surface area contributed by atoms with Crippen LogP contribution in [0.15, 0.2) is 24.3 Å². The van der Waals surface area contributed by atoms with Gasteiger partial charge in [-0.2, -0.15) is 0 Å². The van der Waals surface area contributed by atoms with E-state index in [-0.39, 0.29) is 6.10 Å². The quantitative estimate of drug-likeness (QED) is 0.704. The monoisotopic (exact) mass is 237 g/mol. The number of rotatable bonds is 8. The Labute approximate surface area is 104 Å². The molecule has 0 aromatic heterocycles. The van der Waals surface area contributed by atoms with E-state index < -0.39 is 0 Å². The smallest absolute Gasteiger partial charge is 0.0949 e. The van der Waals surface area contributed by atoms with E-state index in [1.165, 1.54) is 11.1 Å². The molecule has 0 saturated heterocycles. The van der Waals surface area contributed by atoms with Gasteiger partial charge in [0.25, 0.3) is 0 Å². The summed E-state index contributed by atoms with van der Waals surface area (Å²) in [5.41, 5.74) is 2.50. The SMILES string of the molecule is CNCC(OCCCOC)c1ccc(C)cc1. The molecule has 0 aliphatic rings. The molecule has 1 aromatic carbocycles. The topological polar surface area (TPSA) is 30.5 Å². The molecule has 96 valence electrons. The maximum Gasteiger partial charge on any atom is 0.0949 e. The van der Waals surface area contributed by atoms with E-state index >= 15 is 0 Å². The summed E-state index contributed by atoms with van der Waals surface area (Å²) in [6, 6.07) is 8.51. The average Bonchev–Trinajstić information content (AvgIpc) is 2.34. The number of likely N-dealkylation sites (N-methyl/N-ethyl adjacent to an activating group) is 1. The number of hydrogen-bond acceptors (Lipinski definition) is 3. The lowest BCUT2D eigenvalue weighted by atomic mass is 10.1. The van der Waals surface area contributed by atoms with Gasteiger partial charge >= 0.3 is 0 Å². The first-order valence-corrected chi connectivity index (χ1v) is 6.09. The lowest BCUT2D eigenvalue weighted by Crippen LogP contribution is -2.20. The van der Waals surface area contributed by atoms with Gasteiger partial charge in [0.2, 0.25) is 0 Å². The van der Waals surface area contributed by atoms with Gasteiger partial charge in [0.05, 0.1) is 6.10 Å². The van der Waals surface area contributed by atoms with Crippen LogP contribution in [0.2, 0.25) is 0 Å². The normalized spacial score (nSPS) is 12.6. The zero-order valence-corrected chi connectivity index (χ0v) is 11.0. The van der Waals surface area contributed by atoms with Gasteiger partial charge in [-0.25, -0.2) is 0 Å². The Morgan fingerprint density at radius 3 is 2.47 bits per heavy atom.